The van der Waals surface area contributed by atoms with Gasteiger partial charge in [-0.2, -0.15) is 8.78 Å². The van der Waals surface area contributed by atoms with Gasteiger partial charge in [-0.1, -0.05) is 32.9 Å². The smallest absolute Gasteiger partial charge is 0.489 e. The Morgan fingerprint density at radius 2 is 1.58 bits per heavy atom. The van der Waals surface area contributed by atoms with Crippen molar-refractivity contribution in [2.75, 3.05) is 30.4 Å². The van der Waals surface area contributed by atoms with E-state index >= 15 is 0 Å². The van der Waals surface area contributed by atoms with Crippen LogP contribution >= 0.6 is 0 Å². The number of sulfone groups is 1. The number of nitrogens with one attached hydrogen (secondary N) is 1. The number of nitrogens with two attached hydrogens (primary N) is 1. The molecular formula is C36H42F5N3O8S. The predicted octanol–water partition coefficient (Wildman–Crippen LogP) is 6.03. The number of anilines is 1. The third kappa shape index (κ3) is 12.0. The zero-order chi connectivity index (χ0) is 38.9. The highest BCUT2D eigenvalue weighted by atomic mass is 32.2. The summed E-state index contributed by atoms with van der Waals surface area (Å²) in [6.07, 6.45) is -4.99. The quantitative estimate of drug-likeness (QED) is 0.123. The van der Waals surface area contributed by atoms with Gasteiger partial charge in [-0.25, -0.2) is 8.42 Å². The maximum Gasteiger partial charge on any atom is 0.573 e. The Bertz CT molecular complexity index is 1760. The average Bonchev–Trinajstić information content (AvgIpc) is 3.52. The van der Waals surface area contributed by atoms with Crippen LogP contribution in [0.2, 0.25) is 0 Å². The first-order chi connectivity index (χ1) is 25.0. The summed E-state index contributed by atoms with van der Waals surface area (Å²) in [5.41, 5.74) is 7.28. The number of rotatable bonds is 17. The van der Waals surface area contributed by atoms with Crippen LogP contribution in [0.15, 0.2) is 77.7 Å². The number of carbonyl (C=O) groups excluding carboxylic acids is 2. The highest BCUT2D eigenvalue weighted by molar-refractivity contribution is 7.91. The van der Waals surface area contributed by atoms with Crippen molar-refractivity contribution in [1.29, 1.82) is 0 Å². The number of amides is 1. The van der Waals surface area contributed by atoms with Crippen molar-refractivity contribution in [1.82, 2.24) is 5.32 Å². The van der Waals surface area contributed by atoms with E-state index in [1.54, 1.807) is 55.1 Å². The third-order valence-corrected chi connectivity index (χ3v) is 10.3. The minimum Gasteiger partial charge on any atom is -0.489 e. The van der Waals surface area contributed by atoms with E-state index in [-0.39, 0.29) is 60.5 Å². The van der Waals surface area contributed by atoms with Crippen LogP contribution < -0.4 is 25.4 Å². The number of carbonyl (C=O) groups is 2. The molecule has 3 aromatic rings. The molecule has 1 fully saturated rings. The van der Waals surface area contributed by atoms with E-state index in [1.807, 2.05) is 0 Å². The Hall–Kier alpha value is -4.48. The number of alkyl halides is 5. The first-order valence-corrected chi connectivity index (χ1v) is 18.5. The normalized spacial score (nSPS) is 17.5. The van der Waals surface area contributed by atoms with E-state index in [0.717, 1.165) is 12.1 Å². The molecule has 2 unspecified atom stereocenters. The molecule has 4 atom stereocenters. The van der Waals surface area contributed by atoms with Crippen molar-refractivity contribution in [2.45, 2.75) is 75.7 Å². The highest BCUT2D eigenvalue weighted by Gasteiger charge is 2.35. The molecule has 0 spiro atoms. The second-order valence-electron chi connectivity index (χ2n) is 12.7. The Balaban J connectivity index is 1.47. The van der Waals surface area contributed by atoms with E-state index in [9.17, 15) is 40.0 Å². The van der Waals surface area contributed by atoms with Crippen LogP contribution in [0.4, 0.5) is 27.6 Å². The molecule has 0 aromatic heterocycles. The standard InChI is InChI=1S/C36H42F5N3O8S/c1-4-53(47,48)30-15-7-23(8-16-30)31(17-18-49-34(46)32(42)22(2)3)43-33(45)24-5-9-25(10-6-24)44-20-29(19-26(44)21-50-35(37)38)51-27-11-13-28(14-12-27)52-36(39,40)41/h5-16,22,26,29,31-32,35H,4,17-21,42H2,1-3H3,(H,43,45)/t26-,29-,31?,32?/m0/s1. The maximum absolute atomic E-state index is 13.5. The maximum atomic E-state index is 13.5. The lowest BCUT2D eigenvalue weighted by atomic mass is 10.0. The summed E-state index contributed by atoms with van der Waals surface area (Å²) >= 11 is 0. The van der Waals surface area contributed by atoms with Gasteiger partial charge in [-0.05, 0) is 72.1 Å². The number of nitrogens with zero attached hydrogens (tertiary/aromatic N) is 1. The van der Waals surface area contributed by atoms with Gasteiger partial charge in [0.1, 0.15) is 23.6 Å². The second-order valence-corrected chi connectivity index (χ2v) is 14.9. The highest BCUT2D eigenvalue weighted by Crippen LogP contribution is 2.31. The third-order valence-electron chi connectivity index (χ3n) is 8.58. The van der Waals surface area contributed by atoms with Gasteiger partial charge in [-0.15, -0.1) is 13.2 Å². The molecule has 53 heavy (non-hydrogen) atoms. The van der Waals surface area contributed by atoms with Crippen molar-refractivity contribution >= 4 is 27.4 Å². The van der Waals surface area contributed by atoms with Gasteiger partial charge in [0.2, 0.25) is 0 Å². The van der Waals surface area contributed by atoms with E-state index in [4.69, 9.17) is 15.2 Å². The minimum absolute atomic E-state index is 0.0795. The van der Waals surface area contributed by atoms with Crippen LogP contribution in [0, 0.1) is 5.92 Å². The number of benzene rings is 3. The van der Waals surface area contributed by atoms with Gasteiger partial charge >= 0.3 is 18.9 Å². The van der Waals surface area contributed by atoms with E-state index < -0.39 is 64.7 Å². The zero-order valence-corrected chi connectivity index (χ0v) is 30.0. The van der Waals surface area contributed by atoms with Crippen molar-refractivity contribution in [3.8, 4) is 11.5 Å². The summed E-state index contributed by atoms with van der Waals surface area (Å²) in [7, 11) is -3.47. The van der Waals surface area contributed by atoms with Gasteiger partial charge in [0.05, 0.1) is 42.5 Å². The lowest BCUT2D eigenvalue weighted by Gasteiger charge is -2.26. The number of esters is 1. The fraction of sp³-hybridized carbons (Fsp3) is 0.444. The van der Waals surface area contributed by atoms with Crippen LogP contribution in [0.5, 0.6) is 11.5 Å². The summed E-state index contributed by atoms with van der Waals surface area (Å²) in [4.78, 5) is 27.7. The molecule has 0 saturated carbocycles. The monoisotopic (exact) mass is 771 g/mol. The summed E-state index contributed by atoms with van der Waals surface area (Å²) in [5.74, 6) is -1.49. The summed E-state index contributed by atoms with van der Waals surface area (Å²) in [6.45, 7) is 1.87. The lowest BCUT2D eigenvalue weighted by Crippen LogP contribution is -2.37. The van der Waals surface area contributed by atoms with Gasteiger partial charge in [0.25, 0.3) is 5.91 Å². The molecule has 1 aliphatic heterocycles. The molecule has 4 rings (SSSR count). The first kappa shape index (κ1) is 41.3. The van der Waals surface area contributed by atoms with E-state index in [2.05, 4.69) is 14.8 Å². The molecule has 0 radical (unpaired) electrons. The van der Waals surface area contributed by atoms with Crippen molar-refractivity contribution in [2.24, 2.45) is 11.7 Å². The average molecular weight is 772 g/mol. The fourth-order valence-corrected chi connectivity index (χ4v) is 6.50. The van der Waals surface area contributed by atoms with Gasteiger partial charge in [0, 0.05) is 24.1 Å². The minimum atomic E-state index is -4.85. The summed E-state index contributed by atoms with van der Waals surface area (Å²) < 4.78 is 108. The van der Waals surface area contributed by atoms with Crippen LogP contribution in [0.25, 0.3) is 0 Å². The molecular weight excluding hydrogens is 729 g/mol. The van der Waals surface area contributed by atoms with Crippen molar-refractivity contribution in [3.05, 3.63) is 83.9 Å². The van der Waals surface area contributed by atoms with E-state index in [0.29, 0.717) is 11.3 Å². The summed E-state index contributed by atoms with van der Waals surface area (Å²) in [5, 5.41) is 2.91. The summed E-state index contributed by atoms with van der Waals surface area (Å²) in [6, 6.07) is 15.1. The van der Waals surface area contributed by atoms with Gasteiger partial charge in [-0.3, -0.25) is 9.59 Å². The Kier molecular flexibility index (Phi) is 14.0. The van der Waals surface area contributed by atoms with Crippen LogP contribution in [0.1, 0.15) is 55.6 Å². The molecule has 1 heterocycles. The van der Waals surface area contributed by atoms with Crippen LogP contribution in [-0.2, 0) is 24.1 Å². The number of hydrogen-bond acceptors (Lipinski definition) is 10. The molecule has 0 bridgehead atoms. The lowest BCUT2D eigenvalue weighted by molar-refractivity contribution is -0.274. The largest absolute Gasteiger partial charge is 0.573 e. The molecule has 0 aliphatic carbocycles. The zero-order valence-electron chi connectivity index (χ0n) is 29.2. The Morgan fingerprint density at radius 1 is 0.962 bits per heavy atom. The molecule has 3 aromatic carbocycles. The van der Waals surface area contributed by atoms with Gasteiger partial charge in [0.15, 0.2) is 9.84 Å². The number of ether oxygens (including phenoxy) is 4. The SMILES string of the molecule is CCS(=O)(=O)c1ccc(C(CCOC(=O)C(N)C(C)C)NC(=O)c2ccc(N3C[C@@H](Oc4ccc(OC(F)(F)F)cc4)C[C@H]3COC(F)F)cc2)cc1. The molecule has 1 saturated heterocycles. The molecule has 290 valence electrons. The van der Waals surface area contributed by atoms with Crippen molar-refractivity contribution < 1.29 is 58.9 Å². The van der Waals surface area contributed by atoms with Gasteiger partial charge < -0.3 is 34.9 Å². The first-order valence-electron chi connectivity index (χ1n) is 16.8. The van der Waals surface area contributed by atoms with E-state index in [1.165, 1.54) is 31.2 Å². The molecule has 3 N–H and O–H groups in total. The Labute approximate surface area is 304 Å². The molecule has 1 amide bonds. The second kappa shape index (κ2) is 18.0. The van der Waals surface area contributed by atoms with Crippen LogP contribution in [-0.4, -0.2) is 77.0 Å². The number of halogens is 5. The molecule has 11 nitrogen and oxygen atoms in total. The molecule has 1 aliphatic rings. The Morgan fingerprint density at radius 3 is 2.15 bits per heavy atom. The van der Waals surface area contributed by atoms with Crippen molar-refractivity contribution in [3.63, 3.8) is 0 Å². The number of hydrogen-bond donors (Lipinski definition) is 2. The topological polar surface area (TPSA) is 146 Å². The van der Waals surface area contributed by atoms with Crippen LogP contribution in [0.3, 0.4) is 0 Å². The fourth-order valence-electron chi connectivity index (χ4n) is 5.62. The molecule has 17 heteroatoms. The predicted molar refractivity (Wildman–Crippen MR) is 184 cm³/mol.